The summed E-state index contributed by atoms with van der Waals surface area (Å²) in [6.07, 6.45) is 0. The summed E-state index contributed by atoms with van der Waals surface area (Å²) < 4.78 is 10.9. The van der Waals surface area contributed by atoms with Crippen LogP contribution in [0.1, 0.15) is 21.1 Å². The highest BCUT2D eigenvalue weighted by molar-refractivity contribution is 7.79. The molecule has 0 unspecified atom stereocenters. The highest BCUT2D eigenvalue weighted by Crippen LogP contribution is 2.23. The van der Waals surface area contributed by atoms with Gasteiger partial charge in [-0.1, -0.05) is 12.1 Å². The van der Waals surface area contributed by atoms with Crippen molar-refractivity contribution < 1.29 is 9.47 Å². The van der Waals surface area contributed by atoms with E-state index in [2.05, 4.69) is 17.6 Å². The van der Waals surface area contributed by atoms with Gasteiger partial charge >= 0.3 is 0 Å². The molecular formula is C14H17NO2S2. The van der Waals surface area contributed by atoms with Crippen LogP contribution in [0.3, 0.4) is 0 Å². The van der Waals surface area contributed by atoms with E-state index >= 15 is 0 Å². The molecule has 0 amide bonds. The molecule has 19 heavy (non-hydrogen) atoms. The van der Waals surface area contributed by atoms with Gasteiger partial charge in [0.15, 0.2) is 0 Å². The van der Waals surface area contributed by atoms with Crippen LogP contribution in [0.4, 0.5) is 0 Å². The number of benzene rings is 1. The lowest BCUT2D eigenvalue weighted by molar-refractivity contribution is 0.181. The number of nitrogens with zero attached hydrogens (tertiary/aromatic N) is 1. The fourth-order valence-electron chi connectivity index (χ4n) is 1.72. The number of hydrogen-bond acceptors (Lipinski definition) is 5. The fourth-order valence-corrected chi connectivity index (χ4v) is 2.94. The van der Waals surface area contributed by atoms with Gasteiger partial charge < -0.3 is 9.47 Å². The van der Waals surface area contributed by atoms with Gasteiger partial charge in [-0.2, -0.15) is 12.6 Å². The van der Waals surface area contributed by atoms with Crippen molar-refractivity contribution in [3.05, 3.63) is 45.4 Å². The van der Waals surface area contributed by atoms with E-state index in [1.54, 1.807) is 18.4 Å². The number of aryl methyl sites for hydroxylation is 1. The van der Waals surface area contributed by atoms with Crippen LogP contribution in [-0.2, 0) is 23.7 Å². The molecule has 1 aromatic heterocycles. The third-order valence-corrected chi connectivity index (χ3v) is 4.20. The van der Waals surface area contributed by atoms with E-state index in [9.17, 15) is 0 Å². The minimum atomic E-state index is 0.485. The molecule has 0 radical (unpaired) electrons. The van der Waals surface area contributed by atoms with Crippen LogP contribution < -0.4 is 4.74 Å². The first-order valence-corrected chi connectivity index (χ1v) is 7.44. The average Bonchev–Trinajstić information content (AvgIpc) is 2.79. The number of hydrogen-bond donors (Lipinski definition) is 1. The Morgan fingerprint density at radius 3 is 2.84 bits per heavy atom. The Morgan fingerprint density at radius 2 is 2.16 bits per heavy atom. The molecule has 0 aliphatic rings. The molecule has 0 aliphatic carbocycles. The van der Waals surface area contributed by atoms with E-state index in [1.165, 1.54) is 5.56 Å². The van der Waals surface area contributed by atoms with Crippen molar-refractivity contribution in [3.8, 4) is 5.75 Å². The molecule has 0 saturated carbocycles. The van der Waals surface area contributed by atoms with Crippen molar-refractivity contribution in [2.45, 2.75) is 25.9 Å². The Labute approximate surface area is 123 Å². The Hall–Kier alpha value is -1.04. The van der Waals surface area contributed by atoms with Crippen LogP contribution in [0.25, 0.3) is 0 Å². The number of ether oxygens (including phenoxy) is 2. The molecule has 0 aliphatic heterocycles. The normalized spacial score (nSPS) is 10.7. The average molecular weight is 295 g/mol. The molecular weight excluding hydrogens is 278 g/mol. The van der Waals surface area contributed by atoms with Crippen molar-refractivity contribution in [2.75, 3.05) is 7.11 Å². The summed E-state index contributed by atoms with van der Waals surface area (Å²) in [5.74, 6) is 1.55. The van der Waals surface area contributed by atoms with Gasteiger partial charge in [0.25, 0.3) is 0 Å². The van der Waals surface area contributed by atoms with E-state index in [0.717, 1.165) is 21.3 Å². The number of thiazole rings is 1. The molecule has 0 bridgehead atoms. The predicted octanol–water partition coefficient (Wildman–Crippen LogP) is 3.61. The van der Waals surface area contributed by atoms with Gasteiger partial charge in [0, 0.05) is 17.7 Å². The zero-order valence-electron chi connectivity index (χ0n) is 11.0. The Bertz CT molecular complexity index is 540. The second kappa shape index (κ2) is 6.93. The number of aromatic nitrogens is 1. The molecule has 2 rings (SSSR count). The molecule has 0 N–H and O–H groups in total. The molecule has 0 atom stereocenters. The van der Waals surface area contributed by atoms with Gasteiger partial charge in [0.2, 0.25) is 0 Å². The quantitative estimate of drug-likeness (QED) is 0.826. The molecule has 1 heterocycles. The lowest BCUT2D eigenvalue weighted by atomic mass is 10.2. The van der Waals surface area contributed by atoms with Crippen molar-refractivity contribution in [1.82, 2.24) is 4.98 Å². The van der Waals surface area contributed by atoms with Gasteiger partial charge in [-0.05, 0) is 24.6 Å². The first-order valence-electron chi connectivity index (χ1n) is 5.99. The number of thiol groups is 1. The van der Waals surface area contributed by atoms with E-state index in [1.807, 2.05) is 31.2 Å². The second-order valence-corrected chi connectivity index (χ2v) is 5.66. The summed E-state index contributed by atoms with van der Waals surface area (Å²) in [4.78, 5) is 5.67. The standard InChI is InChI=1S/C14H17NO2S2/c1-10-4-3-5-11(6-10)17-8-14-15-12(7-16-2)13(9-18)19-14/h3-6,18H,7-9H2,1-2H3. The SMILES string of the molecule is COCc1nc(COc2cccc(C)c2)sc1CS. The maximum atomic E-state index is 5.75. The summed E-state index contributed by atoms with van der Waals surface area (Å²) in [6.45, 7) is 3.06. The molecule has 0 saturated heterocycles. The number of rotatable bonds is 6. The van der Waals surface area contributed by atoms with Crippen LogP contribution in [-0.4, -0.2) is 12.1 Å². The van der Waals surface area contributed by atoms with Crippen molar-refractivity contribution in [2.24, 2.45) is 0 Å². The zero-order chi connectivity index (χ0) is 13.7. The van der Waals surface area contributed by atoms with Crippen molar-refractivity contribution >= 4 is 24.0 Å². The summed E-state index contributed by atoms with van der Waals surface area (Å²) in [6, 6.07) is 8.01. The van der Waals surface area contributed by atoms with Crippen LogP contribution >= 0.6 is 24.0 Å². The Balaban J connectivity index is 2.03. The Kier molecular flexibility index (Phi) is 5.24. The monoisotopic (exact) mass is 295 g/mol. The highest BCUT2D eigenvalue weighted by atomic mass is 32.1. The van der Waals surface area contributed by atoms with Gasteiger partial charge in [0.1, 0.15) is 17.4 Å². The molecule has 102 valence electrons. The lowest BCUT2D eigenvalue weighted by Crippen LogP contribution is -1.96. The molecule has 3 nitrogen and oxygen atoms in total. The van der Waals surface area contributed by atoms with Gasteiger partial charge in [-0.3, -0.25) is 0 Å². The highest BCUT2D eigenvalue weighted by Gasteiger charge is 2.10. The lowest BCUT2D eigenvalue weighted by Gasteiger charge is -2.04. The number of methoxy groups -OCH3 is 1. The predicted molar refractivity (Wildman–Crippen MR) is 81.0 cm³/mol. The van der Waals surface area contributed by atoms with Crippen LogP contribution in [0.2, 0.25) is 0 Å². The van der Waals surface area contributed by atoms with E-state index in [0.29, 0.717) is 19.0 Å². The maximum Gasteiger partial charge on any atom is 0.140 e. The zero-order valence-corrected chi connectivity index (χ0v) is 12.8. The third-order valence-electron chi connectivity index (χ3n) is 2.60. The minimum Gasteiger partial charge on any atom is -0.486 e. The summed E-state index contributed by atoms with van der Waals surface area (Å²) in [7, 11) is 1.67. The topological polar surface area (TPSA) is 31.4 Å². The van der Waals surface area contributed by atoms with Gasteiger partial charge in [-0.25, -0.2) is 4.98 Å². The van der Waals surface area contributed by atoms with Crippen LogP contribution in [0, 0.1) is 6.92 Å². The van der Waals surface area contributed by atoms with Crippen LogP contribution in [0.15, 0.2) is 24.3 Å². The molecule has 2 aromatic rings. The fraction of sp³-hybridized carbons (Fsp3) is 0.357. The first kappa shape index (κ1) is 14.4. The molecule has 0 fully saturated rings. The summed E-state index contributed by atoms with van der Waals surface area (Å²) >= 11 is 5.94. The summed E-state index contributed by atoms with van der Waals surface area (Å²) in [5, 5.41) is 0.956. The van der Waals surface area contributed by atoms with E-state index < -0.39 is 0 Å². The molecule has 5 heteroatoms. The maximum absolute atomic E-state index is 5.75. The van der Waals surface area contributed by atoms with Crippen molar-refractivity contribution in [1.29, 1.82) is 0 Å². The smallest absolute Gasteiger partial charge is 0.140 e. The largest absolute Gasteiger partial charge is 0.486 e. The third kappa shape index (κ3) is 3.96. The first-order chi connectivity index (χ1) is 9.22. The van der Waals surface area contributed by atoms with Gasteiger partial charge in [-0.15, -0.1) is 11.3 Å². The second-order valence-electron chi connectivity index (χ2n) is 4.17. The van der Waals surface area contributed by atoms with Crippen LogP contribution in [0.5, 0.6) is 5.75 Å². The molecule has 1 aromatic carbocycles. The van der Waals surface area contributed by atoms with E-state index in [-0.39, 0.29) is 0 Å². The van der Waals surface area contributed by atoms with E-state index in [4.69, 9.17) is 9.47 Å². The minimum absolute atomic E-state index is 0.485. The Morgan fingerprint density at radius 1 is 1.32 bits per heavy atom. The van der Waals surface area contributed by atoms with Crippen molar-refractivity contribution in [3.63, 3.8) is 0 Å². The summed E-state index contributed by atoms with van der Waals surface area (Å²) in [5.41, 5.74) is 2.15. The van der Waals surface area contributed by atoms with Gasteiger partial charge in [0.05, 0.1) is 12.3 Å². The molecule has 0 spiro atoms.